The minimum absolute atomic E-state index is 0.320. The normalized spacial score (nSPS) is 22.1. The number of ether oxygens (including phenoxy) is 2. The fraction of sp³-hybridized carbons (Fsp3) is 0.500. The molecule has 4 nitrogen and oxygen atoms in total. The first-order chi connectivity index (χ1) is 9.19. The Hall–Kier alpha value is -1.20. The number of thioether (sulfide) groups is 1. The maximum absolute atomic E-state index is 11.9. The highest BCUT2D eigenvalue weighted by Crippen LogP contribution is 2.40. The van der Waals surface area contributed by atoms with E-state index in [2.05, 4.69) is 0 Å². The molecule has 0 bridgehead atoms. The van der Waals surface area contributed by atoms with Crippen molar-refractivity contribution in [2.45, 2.75) is 24.3 Å². The van der Waals surface area contributed by atoms with Crippen molar-refractivity contribution in [3.63, 3.8) is 0 Å². The number of carbonyl (C=O) groups is 1. The first-order valence-corrected chi connectivity index (χ1v) is 7.56. The number of aliphatic hydroxyl groups is 1. The Morgan fingerprint density at radius 3 is 3.05 bits per heavy atom. The molecule has 0 amide bonds. The molecular formula is C14H18O4S. The molecule has 2 atom stereocenters. The van der Waals surface area contributed by atoms with Gasteiger partial charge in [-0.15, -0.1) is 11.8 Å². The molecule has 104 valence electrons. The molecule has 0 aliphatic carbocycles. The molecule has 1 aromatic rings. The Labute approximate surface area is 117 Å². The van der Waals surface area contributed by atoms with Crippen molar-refractivity contribution in [1.29, 1.82) is 0 Å². The van der Waals surface area contributed by atoms with Gasteiger partial charge in [-0.25, -0.2) is 0 Å². The minimum atomic E-state index is -0.872. The number of benzene rings is 1. The molecular weight excluding hydrogens is 264 g/mol. The van der Waals surface area contributed by atoms with Crippen LogP contribution in [0.3, 0.4) is 0 Å². The molecule has 19 heavy (non-hydrogen) atoms. The summed E-state index contributed by atoms with van der Waals surface area (Å²) >= 11 is 1.56. The van der Waals surface area contributed by atoms with Crippen LogP contribution in [0.2, 0.25) is 0 Å². The number of para-hydroxylation sites is 1. The second-order valence-electron chi connectivity index (χ2n) is 4.32. The van der Waals surface area contributed by atoms with Crippen molar-refractivity contribution in [1.82, 2.24) is 0 Å². The Balaban J connectivity index is 2.34. The molecule has 1 aromatic carbocycles. The molecule has 0 saturated carbocycles. The Kier molecular flexibility index (Phi) is 4.71. The maximum atomic E-state index is 11.9. The SMILES string of the molecule is CCOC(=O)C1CCOc2c(SC)cccc2C1O. The number of hydrogen-bond donors (Lipinski definition) is 1. The van der Waals surface area contributed by atoms with E-state index >= 15 is 0 Å². The summed E-state index contributed by atoms with van der Waals surface area (Å²) < 4.78 is 10.7. The summed E-state index contributed by atoms with van der Waals surface area (Å²) in [4.78, 5) is 12.9. The third-order valence-corrected chi connectivity index (χ3v) is 3.95. The van der Waals surface area contributed by atoms with Crippen LogP contribution in [0.1, 0.15) is 25.0 Å². The number of aliphatic hydroxyl groups excluding tert-OH is 1. The van der Waals surface area contributed by atoms with E-state index in [9.17, 15) is 9.90 Å². The van der Waals surface area contributed by atoms with Gasteiger partial charge in [-0.3, -0.25) is 4.79 Å². The number of esters is 1. The number of fused-ring (bicyclic) bond motifs is 1. The summed E-state index contributed by atoms with van der Waals surface area (Å²) in [5.74, 6) is -0.228. The monoisotopic (exact) mass is 282 g/mol. The maximum Gasteiger partial charge on any atom is 0.312 e. The van der Waals surface area contributed by atoms with E-state index in [1.165, 1.54) is 0 Å². The van der Waals surface area contributed by atoms with Crippen molar-refractivity contribution in [3.8, 4) is 5.75 Å². The lowest BCUT2D eigenvalue weighted by atomic mass is 9.93. The predicted octanol–water partition coefficient (Wildman–Crippen LogP) is 2.40. The van der Waals surface area contributed by atoms with Crippen LogP contribution in [0.4, 0.5) is 0 Å². The van der Waals surface area contributed by atoms with Crippen LogP contribution >= 0.6 is 11.8 Å². The van der Waals surface area contributed by atoms with E-state index in [0.717, 1.165) is 4.90 Å². The van der Waals surface area contributed by atoms with Crippen LogP contribution in [0.5, 0.6) is 5.75 Å². The highest BCUT2D eigenvalue weighted by Gasteiger charge is 2.34. The van der Waals surface area contributed by atoms with Crippen LogP contribution in [-0.4, -0.2) is 30.5 Å². The van der Waals surface area contributed by atoms with Gasteiger partial charge in [0.05, 0.1) is 25.2 Å². The average Bonchev–Trinajstić information content (AvgIpc) is 2.58. The second-order valence-corrected chi connectivity index (χ2v) is 5.17. The van der Waals surface area contributed by atoms with Gasteiger partial charge >= 0.3 is 5.97 Å². The largest absolute Gasteiger partial charge is 0.492 e. The smallest absolute Gasteiger partial charge is 0.312 e. The van der Waals surface area contributed by atoms with Gasteiger partial charge in [0.1, 0.15) is 5.75 Å². The van der Waals surface area contributed by atoms with Crippen molar-refractivity contribution in [3.05, 3.63) is 23.8 Å². The molecule has 1 N–H and O–H groups in total. The van der Waals surface area contributed by atoms with E-state index in [1.807, 2.05) is 18.4 Å². The quantitative estimate of drug-likeness (QED) is 0.681. The van der Waals surface area contributed by atoms with Gasteiger partial charge in [-0.1, -0.05) is 12.1 Å². The molecule has 0 spiro atoms. The summed E-state index contributed by atoms with van der Waals surface area (Å²) in [6.45, 7) is 2.49. The molecule has 1 aliphatic heterocycles. The van der Waals surface area contributed by atoms with E-state index in [1.54, 1.807) is 24.8 Å². The number of carbonyl (C=O) groups excluding carboxylic acids is 1. The average molecular weight is 282 g/mol. The van der Waals surface area contributed by atoms with Gasteiger partial charge in [-0.2, -0.15) is 0 Å². The molecule has 1 heterocycles. The molecule has 0 radical (unpaired) electrons. The van der Waals surface area contributed by atoms with Gasteiger partial charge in [0.15, 0.2) is 0 Å². The third kappa shape index (κ3) is 2.87. The minimum Gasteiger partial charge on any atom is -0.492 e. The highest BCUT2D eigenvalue weighted by atomic mass is 32.2. The predicted molar refractivity (Wildman–Crippen MR) is 73.4 cm³/mol. The Morgan fingerprint density at radius 2 is 2.37 bits per heavy atom. The summed E-state index contributed by atoms with van der Waals surface area (Å²) in [7, 11) is 0. The van der Waals surface area contributed by atoms with Crippen molar-refractivity contribution >= 4 is 17.7 Å². The molecule has 0 aromatic heterocycles. The van der Waals surface area contributed by atoms with Gasteiger partial charge < -0.3 is 14.6 Å². The summed E-state index contributed by atoms with van der Waals surface area (Å²) in [5.41, 5.74) is 0.669. The lowest BCUT2D eigenvalue weighted by molar-refractivity contribution is -0.152. The van der Waals surface area contributed by atoms with E-state index < -0.39 is 12.0 Å². The molecule has 1 aliphatic rings. The summed E-state index contributed by atoms with van der Waals surface area (Å²) in [6.07, 6.45) is 1.55. The van der Waals surface area contributed by atoms with E-state index in [4.69, 9.17) is 9.47 Å². The zero-order chi connectivity index (χ0) is 13.8. The highest BCUT2D eigenvalue weighted by molar-refractivity contribution is 7.98. The van der Waals surface area contributed by atoms with Crippen LogP contribution in [0.25, 0.3) is 0 Å². The third-order valence-electron chi connectivity index (χ3n) is 3.19. The summed E-state index contributed by atoms with van der Waals surface area (Å²) in [6, 6.07) is 5.61. The van der Waals surface area contributed by atoms with Crippen molar-refractivity contribution in [2.24, 2.45) is 5.92 Å². The van der Waals surface area contributed by atoms with Crippen LogP contribution in [0.15, 0.2) is 23.1 Å². The molecule has 2 unspecified atom stereocenters. The van der Waals surface area contributed by atoms with Crippen molar-refractivity contribution < 1.29 is 19.4 Å². The van der Waals surface area contributed by atoms with Gasteiger partial charge in [0.2, 0.25) is 0 Å². The van der Waals surface area contributed by atoms with Gasteiger partial charge in [-0.05, 0) is 25.7 Å². The number of hydrogen-bond acceptors (Lipinski definition) is 5. The first kappa shape index (κ1) is 14.2. The zero-order valence-electron chi connectivity index (χ0n) is 11.1. The first-order valence-electron chi connectivity index (χ1n) is 6.33. The standard InChI is InChI=1S/C14H18O4S/c1-3-17-14(16)10-7-8-18-13-9(12(10)15)5-4-6-11(13)19-2/h4-6,10,12,15H,3,7-8H2,1-2H3. The molecule has 0 fully saturated rings. The lowest BCUT2D eigenvalue weighted by Crippen LogP contribution is -2.24. The Morgan fingerprint density at radius 1 is 1.58 bits per heavy atom. The molecule has 5 heteroatoms. The van der Waals surface area contributed by atoms with Gasteiger partial charge in [0, 0.05) is 10.5 Å². The number of rotatable bonds is 3. The fourth-order valence-electron chi connectivity index (χ4n) is 2.24. The van der Waals surface area contributed by atoms with Crippen LogP contribution < -0.4 is 4.74 Å². The van der Waals surface area contributed by atoms with Crippen LogP contribution in [0, 0.1) is 5.92 Å². The lowest BCUT2D eigenvalue weighted by Gasteiger charge is -2.19. The zero-order valence-corrected chi connectivity index (χ0v) is 11.9. The van der Waals surface area contributed by atoms with E-state index in [0.29, 0.717) is 30.9 Å². The van der Waals surface area contributed by atoms with Crippen LogP contribution in [-0.2, 0) is 9.53 Å². The van der Waals surface area contributed by atoms with Gasteiger partial charge in [0.25, 0.3) is 0 Å². The van der Waals surface area contributed by atoms with Crippen molar-refractivity contribution in [2.75, 3.05) is 19.5 Å². The molecule has 0 saturated heterocycles. The topological polar surface area (TPSA) is 55.8 Å². The second kappa shape index (κ2) is 6.30. The Bertz CT molecular complexity index is 461. The summed E-state index contributed by atoms with van der Waals surface area (Å²) in [5, 5.41) is 10.4. The fourth-order valence-corrected chi connectivity index (χ4v) is 2.82. The molecule has 2 rings (SSSR count). The van der Waals surface area contributed by atoms with E-state index in [-0.39, 0.29) is 5.97 Å².